The van der Waals surface area contributed by atoms with Gasteiger partial charge in [0.2, 0.25) is 0 Å². The van der Waals surface area contributed by atoms with Crippen molar-refractivity contribution in [2.75, 3.05) is 0 Å². The molecule has 2 aromatic rings. The van der Waals surface area contributed by atoms with Crippen LogP contribution >= 0.6 is 0 Å². The molecule has 3 fully saturated rings. The molecule has 9 rings (SSSR count). The van der Waals surface area contributed by atoms with Crippen LogP contribution in [0.2, 0.25) is 0 Å². The van der Waals surface area contributed by atoms with Crippen molar-refractivity contribution in [1.29, 1.82) is 0 Å². The Kier molecular flexibility index (Phi) is 5.26. The number of hydrogen-bond acceptors (Lipinski definition) is 4. The zero-order chi connectivity index (χ0) is 24.8. The molecule has 0 radical (unpaired) electrons. The molecule has 0 unspecified atom stereocenters. The smallest absolute Gasteiger partial charge is 0.0547 e. The monoisotopic (exact) mass is 484 g/mol. The van der Waals surface area contributed by atoms with Crippen LogP contribution in [0, 0.1) is 22.7 Å². The van der Waals surface area contributed by atoms with Gasteiger partial charge in [-0.2, -0.15) is 0 Å². The summed E-state index contributed by atoms with van der Waals surface area (Å²) in [6.45, 7) is 11.6. The molecule has 3 saturated carbocycles. The molecule has 7 aliphatic carbocycles. The lowest BCUT2D eigenvalue weighted by Gasteiger charge is -2.57. The highest BCUT2D eigenvalue weighted by molar-refractivity contribution is 5.40. The maximum absolute atomic E-state index is 6.73. The summed E-state index contributed by atoms with van der Waals surface area (Å²) in [4.78, 5) is 12.7. The van der Waals surface area contributed by atoms with Crippen molar-refractivity contribution in [3.63, 3.8) is 0 Å². The Labute approximate surface area is 217 Å². The first-order valence-corrected chi connectivity index (χ1v) is 14.7. The van der Waals surface area contributed by atoms with Crippen LogP contribution in [0.15, 0.2) is 24.5 Å². The van der Waals surface area contributed by atoms with E-state index in [1.807, 2.05) is 0 Å². The Morgan fingerprint density at radius 2 is 1.31 bits per heavy atom. The maximum atomic E-state index is 6.73. The summed E-state index contributed by atoms with van der Waals surface area (Å²) < 4.78 is 0. The summed E-state index contributed by atoms with van der Waals surface area (Å²) >= 11 is 0. The van der Waals surface area contributed by atoms with E-state index >= 15 is 0 Å². The van der Waals surface area contributed by atoms with E-state index in [-0.39, 0.29) is 6.04 Å². The Morgan fingerprint density at radius 3 is 1.78 bits per heavy atom. The predicted molar refractivity (Wildman–Crippen MR) is 145 cm³/mol. The lowest BCUT2D eigenvalue weighted by molar-refractivity contribution is 0.0180. The van der Waals surface area contributed by atoms with Gasteiger partial charge in [0, 0.05) is 37.6 Å². The van der Waals surface area contributed by atoms with Crippen LogP contribution in [0.1, 0.15) is 112 Å². The van der Waals surface area contributed by atoms with Crippen LogP contribution in [0.4, 0.5) is 0 Å². The number of nitrogens with zero attached hydrogens (tertiary/aromatic N) is 3. The average Bonchev–Trinajstić information content (AvgIpc) is 2.87. The van der Waals surface area contributed by atoms with Crippen molar-refractivity contribution in [3.05, 3.63) is 58.2 Å². The SMILES string of the molecule is CC1(C)[C@H]2Cc3cc(CN(Cc4cc5c(cn4)[C@@H]4C[C@H](C5)C4(C)C)[C@H]4CCCC[C@@H]4N)ncc3[C@@H]1C2. The van der Waals surface area contributed by atoms with Crippen molar-refractivity contribution < 1.29 is 0 Å². The van der Waals surface area contributed by atoms with Crippen LogP contribution in [0.25, 0.3) is 0 Å². The van der Waals surface area contributed by atoms with Gasteiger partial charge >= 0.3 is 0 Å². The van der Waals surface area contributed by atoms with Crippen LogP contribution < -0.4 is 5.73 Å². The predicted octanol–water partition coefficient (Wildman–Crippen LogP) is 6.12. The van der Waals surface area contributed by atoms with Gasteiger partial charge in [-0.05, 0) is 107 Å². The third-order valence-corrected chi connectivity index (χ3v) is 11.8. The molecule has 0 saturated heterocycles. The van der Waals surface area contributed by atoms with Crippen LogP contribution in [-0.4, -0.2) is 27.0 Å². The third kappa shape index (κ3) is 3.46. The molecule has 2 aromatic heterocycles. The van der Waals surface area contributed by atoms with Crippen molar-refractivity contribution in [1.82, 2.24) is 14.9 Å². The minimum atomic E-state index is 0.246. The molecule has 7 aliphatic rings. The molecule has 2 N–H and O–H groups in total. The summed E-state index contributed by atoms with van der Waals surface area (Å²) in [6, 6.07) is 5.52. The number of pyridine rings is 2. The van der Waals surface area contributed by atoms with Crippen molar-refractivity contribution in [2.24, 2.45) is 28.4 Å². The Bertz CT molecular complexity index is 1100. The second-order valence-corrected chi connectivity index (χ2v) is 14.2. The van der Waals surface area contributed by atoms with Gasteiger partial charge in [-0.25, -0.2) is 0 Å². The zero-order valence-electron chi connectivity index (χ0n) is 22.8. The summed E-state index contributed by atoms with van der Waals surface area (Å²) in [5.74, 6) is 3.08. The second kappa shape index (κ2) is 8.11. The maximum Gasteiger partial charge on any atom is 0.0547 e. The quantitative estimate of drug-likeness (QED) is 0.555. The third-order valence-electron chi connectivity index (χ3n) is 11.8. The number of rotatable bonds is 5. The fraction of sp³-hybridized carbons (Fsp3) is 0.688. The second-order valence-electron chi connectivity index (χ2n) is 14.2. The first-order chi connectivity index (χ1) is 17.2. The molecule has 0 spiro atoms. The van der Waals surface area contributed by atoms with Crippen molar-refractivity contribution >= 4 is 0 Å². The minimum Gasteiger partial charge on any atom is -0.326 e. The van der Waals surface area contributed by atoms with E-state index in [1.165, 1.54) is 67.5 Å². The minimum absolute atomic E-state index is 0.246. The molecule has 4 heteroatoms. The van der Waals surface area contributed by atoms with Gasteiger partial charge in [0.25, 0.3) is 0 Å². The van der Waals surface area contributed by atoms with Gasteiger partial charge < -0.3 is 5.73 Å². The van der Waals surface area contributed by atoms with E-state index in [0.717, 1.165) is 31.3 Å². The number of aromatic nitrogens is 2. The highest BCUT2D eigenvalue weighted by Crippen LogP contribution is 2.63. The molecule has 0 aliphatic heterocycles. The highest BCUT2D eigenvalue weighted by Gasteiger charge is 2.53. The summed E-state index contributed by atoms with van der Waals surface area (Å²) in [5.41, 5.74) is 16.2. The van der Waals surface area contributed by atoms with E-state index in [0.29, 0.717) is 28.7 Å². The Morgan fingerprint density at radius 1 is 0.806 bits per heavy atom. The standard InChI is InChI=1S/C32H44N4/c1-31(2)21-9-19-11-23(34-15-25(19)27(31)13-21)17-36(30-8-6-5-7-29(30)33)18-24-12-20-10-22-14-28(32(22,3)4)26(20)16-35-24/h11-12,15-16,21-22,27-30H,5-10,13-14,17-18,33H2,1-4H3/t21-,22-,27-,28-,29-,30-/m0/s1. The molecule has 192 valence electrons. The van der Waals surface area contributed by atoms with Crippen LogP contribution in [-0.2, 0) is 25.9 Å². The van der Waals surface area contributed by atoms with Crippen LogP contribution in [0.5, 0.6) is 0 Å². The average molecular weight is 485 g/mol. The molecule has 0 amide bonds. The van der Waals surface area contributed by atoms with E-state index in [1.54, 1.807) is 11.1 Å². The topological polar surface area (TPSA) is 55.0 Å². The van der Waals surface area contributed by atoms with Gasteiger partial charge in [0.1, 0.15) is 0 Å². The first-order valence-electron chi connectivity index (χ1n) is 14.7. The van der Waals surface area contributed by atoms with Gasteiger partial charge in [-0.15, -0.1) is 0 Å². The lowest BCUT2D eigenvalue weighted by Crippen LogP contribution is -2.49. The molecule has 0 aromatic carbocycles. The molecule has 2 heterocycles. The van der Waals surface area contributed by atoms with Crippen molar-refractivity contribution in [3.8, 4) is 0 Å². The lowest BCUT2D eigenvalue weighted by atomic mass is 9.47. The summed E-state index contributed by atoms with van der Waals surface area (Å²) in [7, 11) is 0. The first kappa shape index (κ1) is 23.3. The summed E-state index contributed by atoms with van der Waals surface area (Å²) in [5, 5.41) is 0. The Balaban J connectivity index is 1.15. The zero-order valence-corrected chi connectivity index (χ0v) is 22.8. The van der Waals surface area contributed by atoms with E-state index < -0.39 is 0 Å². The fourth-order valence-corrected chi connectivity index (χ4v) is 8.88. The molecule has 4 nitrogen and oxygen atoms in total. The molecule has 36 heavy (non-hydrogen) atoms. The van der Waals surface area contributed by atoms with E-state index in [9.17, 15) is 0 Å². The number of nitrogens with two attached hydrogens (primary N) is 1. The van der Waals surface area contributed by atoms with Crippen molar-refractivity contribution in [2.45, 2.75) is 116 Å². The normalized spacial score (nSPS) is 34.8. The largest absolute Gasteiger partial charge is 0.326 e. The van der Waals surface area contributed by atoms with E-state index in [2.05, 4.69) is 57.1 Å². The molecule has 6 atom stereocenters. The van der Waals surface area contributed by atoms with E-state index in [4.69, 9.17) is 15.7 Å². The molecule has 4 bridgehead atoms. The fourth-order valence-electron chi connectivity index (χ4n) is 8.88. The Hall–Kier alpha value is -1.78. The highest BCUT2D eigenvalue weighted by atomic mass is 15.2. The molecular formula is C32H44N4. The molecular weight excluding hydrogens is 440 g/mol. The number of hydrogen-bond donors (Lipinski definition) is 1. The van der Waals surface area contributed by atoms with Gasteiger partial charge in [-0.3, -0.25) is 14.9 Å². The van der Waals surface area contributed by atoms with Gasteiger partial charge in [0.15, 0.2) is 0 Å². The van der Waals surface area contributed by atoms with Crippen LogP contribution in [0.3, 0.4) is 0 Å². The van der Waals surface area contributed by atoms with Gasteiger partial charge in [-0.1, -0.05) is 40.5 Å². The summed E-state index contributed by atoms with van der Waals surface area (Å²) in [6.07, 6.45) is 14.5. The van der Waals surface area contributed by atoms with Gasteiger partial charge in [0.05, 0.1) is 11.4 Å².